The van der Waals surface area contributed by atoms with Crippen LogP contribution in [0.2, 0.25) is 0 Å². The van der Waals surface area contributed by atoms with Crippen LogP contribution in [0, 0.1) is 0 Å². The van der Waals surface area contributed by atoms with Crippen molar-refractivity contribution in [2.45, 2.75) is 0 Å². The third kappa shape index (κ3) is 3.85. The molecule has 0 amide bonds. The van der Waals surface area contributed by atoms with Crippen LogP contribution < -0.4 is 0 Å². The second-order valence-electron chi connectivity index (χ2n) is 11.0. The summed E-state index contributed by atoms with van der Waals surface area (Å²) in [5, 5.41) is 4.41. The topological polar surface area (TPSA) is 43.9 Å². The molecule has 9 rings (SSSR count). The first kappa shape index (κ1) is 24.6. The van der Waals surface area contributed by atoms with Crippen molar-refractivity contribution in [3.05, 3.63) is 152 Å². The van der Waals surface area contributed by atoms with Crippen molar-refractivity contribution in [3.8, 4) is 39.6 Å². The van der Waals surface area contributed by atoms with Crippen molar-refractivity contribution in [1.29, 1.82) is 0 Å². The van der Waals surface area contributed by atoms with Gasteiger partial charge in [0, 0.05) is 38.5 Å². The highest BCUT2D eigenvalue weighted by molar-refractivity contribution is 6.24. The molecule has 0 radical (unpaired) electrons. The molecule has 9 aromatic rings. The first-order valence-corrected chi connectivity index (χ1v) is 14.8. The van der Waals surface area contributed by atoms with Gasteiger partial charge < -0.3 is 8.98 Å². The van der Waals surface area contributed by atoms with E-state index in [0.29, 0.717) is 5.82 Å². The quantitative estimate of drug-likeness (QED) is 0.214. The fourth-order valence-corrected chi connectivity index (χ4v) is 6.37. The number of hydrogen-bond acceptors (Lipinski definition) is 3. The summed E-state index contributed by atoms with van der Waals surface area (Å²) in [6.45, 7) is 0. The van der Waals surface area contributed by atoms with E-state index in [1.54, 1.807) is 0 Å². The lowest BCUT2D eigenvalue weighted by Crippen LogP contribution is -1.96. The van der Waals surface area contributed by atoms with Crippen molar-refractivity contribution in [1.82, 2.24) is 14.5 Å². The highest BCUT2D eigenvalue weighted by atomic mass is 16.3. The summed E-state index contributed by atoms with van der Waals surface area (Å²) in [5.74, 6) is 0.685. The summed E-state index contributed by atoms with van der Waals surface area (Å²) in [4.78, 5) is 10.2. The van der Waals surface area contributed by atoms with Crippen LogP contribution in [0.4, 0.5) is 0 Å². The molecular formula is C40H25N3O. The third-order valence-corrected chi connectivity index (χ3v) is 8.41. The van der Waals surface area contributed by atoms with Crippen LogP contribution in [0.15, 0.2) is 156 Å². The predicted molar refractivity (Wildman–Crippen MR) is 180 cm³/mol. The normalized spacial score (nSPS) is 11.6. The Labute approximate surface area is 253 Å². The first-order valence-electron chi connectivity index (χ1n) is 14.8. The highest BCUT2D eigenvalue weighted by Crippen LogP contribution is 2.41. The molecule has 0 aliphatic rings. The Balaban J connectivity index is 1.35. The maximum absolute atomic E-state index is 6.58. The molecule has 44 heavy (non-hydrogen) atoms. The monoisotopic (exact) mass is 563 g/mol. The van der Waals surface area contributed by atoms with Crippen LogP contribution >= 0.6 is 0 Å². The second-order valence-corrected chi connectivity index (χ2v) is 11.0. The lowest BCUT2D eigenvalue weighted by molar-refractivity contribution is 0.673. The standard InChI is InChI=1S/C40H25N3O/c1-4-12-26(13-5-1)33-25-34(27-14-6-2-7-15-27)42-40(41-33)28-20-22-35-32(24-28)38-36(43(35)29-16-8-3-9-17-29)23-21-31-30-18-10-11-19-37(30)44-39(31)38/h1-25H. The van der Waals surface area contributed by atoms with Crippen molar-refractivity contribution in [2.75, 3.05) is 0 Å². The minimum Gasteiger partial charge on any atom is -0.455 e. The minimum atomic E-state index is 0.685. The van der Waals surface area contributed by atoms with E-state index in [2.05, 4.69) is 102 Å². The number of benzene rings is 6. The van der Waals surface area contributed by atoms with Gasteiger partial charge in [0.15, 0.2) is 5.82 Å². The molecule has 0 N–H and O–H groups in total. The lowest BCUT2D eigenvalue weighted by Gasteiger charge is -2.10. The van der Waals surface area contributed by atoms with Crippen LogP contribution in [0.3, 0.4) is 0 Å². The molecule has 4 heteroatoms. The number of para-hydroxylation sites is 2. The summed E-state index contributed by atoms with van der Waals surface area (Å²) < 4.78 is 8.90. The van der Waals surface area contributed by atoms with Crippen molar-refractivity contribution in [3.63, 3.8) is 0 Å². The first-order chi connectivity index (χ1) is 21.8. The fraction of sp³-hybridized carbons (Fsp3) is 0. The maximum atomic E-state index is 6.58. The zero-order valence-electron chi connectivity index (χ0n) is 23.7. The van der Waals surface area contributed by atoms with Gasteiger partial charge in [0.25, 0.3) is 0 Å². The van der Waals surface area contributed by atoms with Gasteiger partial charge in [-0.05, 0) is 54.6 Å². The van der Waals surface area contributed by atoms with E-state index in [9.17, 15) is 0 Å². The van der Waals surface area contributed by atoms with Crippen LogP contribution in [0.25, 0.3) is 83.3 Å². The van der Waals surface area contributed by atoms with Crippen LogP contribution in [0.5, 0.6) is 0 Å². The van der Waals surface area contributed by atoms with E-state index in [1.807, 2.05) is 54.6 Å². The molecule has 206 valence electrons. The van der Waals surface area contributed by atoms with Crippen molar-refractivity contribution in [2.24, 2.45) is 0 Å². The van der Waals surface area contributed by atoms with E-state index in [4.69, 9.17) is 14.4 Å². The number of fused-ring (bicyclic) bond motifs is 7. The van der Waals surface area contributed by atoms with Gasteiger partial charge in [-0.3, -0.25) is 0 Å². The molecule has 0 atom stereocenters. The molecule has 0 spiro atoms. The molecule has 0 aliphatic heterocycles. The van der Waals surface area contributed by atoms with E-state index >= 15 is 0 Å². The molecule has 4 nitrogen and oxygen atoms in total. The Morgan fingerprint density at radius 2 is 1.07 bits per heavy atom. The van der Waals surface area contributed by atoms with E-state index in [0.717, 1.165) is 77.5 Å². The van der Waals surface area contributed by atoms with Gasteiger partial charge in [-0.15, -0.1) is 0 Å². The third-order valence-electron chi connectivity index (χ3n) is 8.41. The van der Waals surface area contributed by atoms with Crippen LogP contribution in [0.1, 0.15) is 0 Å². The fourth-order valence-electron chi connectivity index (χ4n) is 6.37. The smallest absolute Gasteiger partial charge is 0.160 e. The summed E-state index contributed by atoms with van der Waals surface area (Å²) in [5.41, 5.74) is 9.92. The van der Waals surface area contributed by atoms with Gasteiger partial charge >= 0.3 is 0 Å². The SMILES string of the molecule is c1ccc(-c2cc(-c3ccccc3)nc(-c3ccc4c(c3)c3c5oc6ccccc6c5ccc3n4-c3ccccc3)n2)cc1. The van der Waals surface area contributed by atoms with Crippen LogP contribution in [-0.2, 0) is 0 Å². The van der Waals surface area contributed by atoms with E-state index in [-0.39, 0.29) is 0 Å². The number of rotatable bonds is 4. The molecule has 0 bridgehead atoms. The molecule has 6 aromatic carbocycles. The Morgan fingerprint density at radius 1 is 0.455 bits per heavy atom. The van der Waals surface area contributed by atoms with Crippen molar-refractivity contribution >= 4 is 43.7 Å². The van der Waals surface area contributed by atoms with Gasteiger partial charge in [-0.2, -0.15) is 0 Å². The Bertz CT molecular complexity index is 2420. The molecule has 3 heterocycles. The van der Waals surface area contributed by atoms with Gasteiger partial charge in [0.05, 0.1) is 27.8 Å². The summed E-state index contributed by atoms with van der Waals surface area (Å²) in [6, 6.07) is 52.4. The van der Waals surface area contributed by atoms with Gasteiger partial charge in [-0.25, -0.2) is 9.97 Å². The number of hydrogen-bond donors (Lipinski definition) is 0. The average molecular weight is 564 g/mol. The summed E-state index contributed by atoms with van der Waals surface area (Å²) in [7, 11) is 0. The Hall–Kier alpha value is -6.00. The molecule has 0 saturated carbocycles. The molecule has 0 aliphatic carbocycles. The largest absolute Gasteiger partial charge is 0.455 e. The van der Waals surface area contributed by atoms with E-state index in [1.165, 1.54) is 0 Å². The van der Waals surface area contributed by atoms with Gasteiger partial charge in [0.2, 0.25) is 0 Å². The molecule has 0 fully saturated rings. The van der Waals surface area contributed by atoms with E-state index < -0.39 is 0 Å². The average Bonchev–Trinajstić information content (AvgIpc) is 3.64. The predicted octanol–water partition coefficient (Wildman–Crippen LogP) is 10.5. The Morgan fingerprint density at radius 3 is 1.77 bits per heavy atom. The Kier molecular flexibility index (Phi) is 5.47. The zero-order valence-corrected chi connectivity index (χ0v) is 23.7. The molecule has 0 saturated heterocycles. The molecular weight excluding hydrogens is 538 g/mol. The van der Waals surface area contributed by atoms with Crippen LogP contribution in [-0.4, -0.2) is 14.5 Å². The highest BCUT2D eigenvalue weighted by Gasteiger charge is 2.20. The molecule has 3 aromatic heterocycles. The summed E-state index contributed by atoms with van der Waals surface area (Å²) in [6.07, 6.45) is 0. The van der Waals surface area contributed by atoms with Gasteiger partial charge in [0.1, 0.15) is 11.2 Å². The second kappa shape index (κ2) is 9.79. The zero-order chi connectivity index (χ0) is 29.0. The number of aromatic nitrogens is 3. The molecule has 0 unspecified atom stereocenters. The maximum Gasteiger partial charge on any atom is 0.160 e. The van der Waals surface area contributed by atoms with Crippen molar-refractivity contribution < 1.29 is 4.42 Å². The number of furan rings is 1. The van der Waals surface area contributed by atoms with Gasteiger partial charge in [-0.1, -0.05) is 97.1 Å². The lowest BCUT2D eigenvalue weighted by atomic mass is 10.0. The minimum absolute atomic E-state index is 0.685. The summed E-state index contributed by atoms with van der Waals surface area (Å²) >= 11 is 0. The number of nitrogens with zero attached hydrogens (tertiary/aromatic N) is 3.